The number of aryl methyl sites for hydroxylation is 2. The van der Waals surface area contributed by atoms with Crippen molar-refractivity contribution in [3.05, 3.63) is 38.0 Å². The predicted octanol–water partition coefficient (Wildman–Crippen LogP) is 3.34. The molecule has 2 rings (SSSR count). The summed E-state index contributed by atoms with van der Waals surface area (Å²) in [6.45, 7) is 7.19. The summed E-state index contributed by atoms with van der Waals surface area (Å²) in [7, 11) is 2.14. The second-order valence-electron chi connectivity index (χ2n) is 5.03. The van der Waals surface area contributed by atoms with E-state index in [4.69, 9.17) is 5.73 Å². The van der Waals surface area contributed by atoms with Crippen molar-refractivity contribution in [1.29, 1.82) is 0 Å². The van der Waals surface area contributed by atoms with Gasteiger partial charge in [0.25, 0.3) is 0 Å². The van der Waals surface area contributed by atoms with Crippen molar-refractivity contribution in [3.8, 4) is 0 Å². The Morgan fingerprint density at radius 1 is 1.37 bits per heavy atom. The highest BCUT2D eigenvalue weighted by Gasteiger charge is 2.23. The SMILES string of the molecule is Cc1ccc(C(C(C)N)N(C)Cc2scnc2C)s1. The molecule has 2 atom stereocenters. The van der Waals surface area contributed by atoms with Crippen molar-refractivity contribution >= 4 is 22.7 Å². The van der Waals surface area contributed by atoms with Crippen LogP contribution in [0.15, 0.2) is 17.6 Å². The first-order chi connectivity index (χ1) is 8.99. The van der Waals surface area contributed by atoms with Crippen LogP contribution in [0, 0.1) is 13.8 Å². The van der Waals surface area contributed by atoms with Gasteiger partial charge in [-0.25, -0.2) is 4.98 Å². The molecule has 0 fully saturated rings. The Labute approximate surface area is 123 Å². The summed E-state index contributed by atoms with van der Waals surface area (Å²) in [5.41, 5.74) is 9.24. The third kappa shape index (κ3) is 3.42. The summed E-state index contributed by atoms with van der Waals surface area (Å²) < 4.78 is 0. The molecule has 104 valence electrons. The zero-order valence-electron chi connectivity index (χ0n) is 11.9. The molecular formula is C14H21N3S2. The van der Waals surface area contributed by atoms with Gasteiger partial charge in [-0.3, -0.25) is 4.90 Å². The van der Waals surface area contributed by atoms with Crippen LogP contribution in [0.5, 0.6) is 0 Å². The first-order valence-corrected chi connectivity index (χ1v) is 8.09. The lowest BCUT2D eigenvalue weighted by Gasteiger charge is -2.30. The van der Waals surface area contributed by atoms with E-state index in [0.29, 0.717) is 0 Å². The van der Waals surface area contributed by atoms with Crippen LogP contribution in [-0.2, 0) is 6.54 Å². The van der Waals surface area contributed by atoms with E-state index in [2.05, 4.69) is 49.8 Å². The number of nitrogens with zero attached hydrogens (tertiary/aromatic N) is 2. The molecule has 2 aromatic rings. The minimum atomic E-state index is 0.108. The monoisotopic (exact) mass is 295 g/mol. The van der Waals surface area contributed by atoms with Gasteiger partial charge in [0.15, 0.2) is 0 Å². The summed E-state index contributed by atoms with van der Waals surface area (Å²) in [6, 6.07) is 4.74. The second-order valence-corrected chi connectivity index (χ2v) is 7.29. The Morgan fingerprint density at radius 2 is 2.11 bits per heavy atom. The maximum Gasteiger partial charge on any atom is 0.0798 e. The maximum atomic E-state index is 6.20. The van der Waals surface area contributed by atoms with E-state index < -0.39 is 0 Å². The molecule has 2 unspecified atom stereocenters. The lowest BCUT2D eigenvalue weighted by Crippen LogP contribution is -2.36. The molecule has 0 aliphatic rings. The molecule has 0 saturated carbocycles. The smallest absolute Gasteiger partial charge is 0.0798 e. The van der Waals surface area contributed by atoms with Gasteiger partial charge in [0.1, 0.15) is 0 Å². The molecular weight excluding hydrogens is 274 g/mol. The van der Waals surface area contributed by atoms with E-state index in [9.17, 15) is 0 Å². The number of nitrogens with two attached hydrogens (primary N) is 1. The van der Waals surface area contributed by atoms with Crippen LogP contribution in [0.4, 0.5) is 0 Å². The van der Waals surface area contributed by atoms with Gasteiger partial charge in [0.05, 0.1) is 17.2 Å². The lowest BCUT2D eigenvalue weighted by atomic mass is 10.1. The molecule has 0 aliphatic heterocycles. The average Bonchev–Trinajstić information content (AvgIpc) is 2.89. The normalized spacial score (nSPS) is 14.8. The molecule has 3 nitrogen and oxygen atoms in total. The van der Waals surface area contributed by atoms with E-state index in [-0.39, 0.29) is 12.1 Å². The molecule has 0 aromatic carbocycles. The zero-order valence-corrected chi connectivity index (χ0v) is 13.5. The fourth-order valence-electron chi connectivity index (χ4n) is 2.29. The number of rotatable bonds is 5. The first kappa shape index (κ1) is 14.7. The third-order valence-corrected chi connectivity index (χ3v) is 5.25. The predicted molar refractivity (Wildman–Crippen MR) is 83.8 cm³/mol. The van der Waals surface area contributed by atoms with Crippen molar-refractivity contribution in [2.45, 2.75) is 39.4 Å². The minimum Gasteiger partial charge on any atom is -0.326 e. The Balaban J connectivity index is 2.18. The first-order valence-electron chi connectivity index (χ1n) is 6.40. The number of thiophene rings is 1. The zero-order chi connectivity index (χ0) is 14.0. The molecule has 2 heterocycles. The van der Waals surface area contributed by atoms with Gasteiger partial charge in [-0.2, -0.15) is 0 Å². The van der Waals surface area contributed by atoms with Crippen LogP contribution >= 0.6 is 22.7 Å². The van der Waals surface area contributed by atoms with Gasteiger partial charge in [0.2, 0.25) is 0 Å². The van der Waals surface area contributed by atoms with E-state index in [1.807, 2.05) is 16.8 Å². The fourth-order valence-corrected chi connectivity index (χ4v) is 4.29. The molecule has 0 spiro atoms. The molecule has 2 aromatic heterocycles. The van der Waals surface area contributed by atoms with Crippen LogP contribution < -0.4 is 5.73 Å². The van der Waals surface area contributed by atoms with Crippen molar-refractivity contribution < 1.29 is 0 Å². The molecule has 5 heteroatoms. The van der Waals surface area contributed by atoms with Crippen molar-refractivity contribution in [2.24, 2.45) is 5.73 Å². The van der Waals surface area contributed by atoms with Crippen molar-refractivity contribution in [1.82, 2.24) is 9.88 Å². The van der Waals surface area contributed by atoms with Crippen LogP contribution in [0.3, 0.4) is 0 Å². The van der Waals surface area contributed by atoms with Crippen LogP contribution in [-0.4, -0.2) is 23.0 Å². The average molecular weight is 295 g/mol. The van der Waals surface area contributed by atoms with Crippen LogP contribution in [0.2, 0.25) is 0 Å². The number of hydrogen-bond donors (Lipinski definition) is 1. The summed E-state index contributed by atoms with van der Waals surface area (Å²) in [4.78, 5) is 10.6. The van der Waals surface area contributed by atoms with Gasteiger partial charge < -0.3 is 5.73 Å². The molecule has 0 aliphatic carbocycles. The molecule has 19 heavy (non-hydrogen) atoms. The minimum absolute atomic E-state index is 0.108. The number of thiazole rings is 1. The van der Waals surface area contributed by atoms with Gasteiger partial charge >= 0.3 is 0 Å². The Kier molecular flexibility index (Phi) is 4.73. The van der Waals surface area contributed by atoms with Crippen molar-refractivity contribution in [3.63, 3.8) is 0 Å². The molecule has 0 amide bonds. The topological polar surface area (TPSA) is 42.1 Å². The van der Waals surface area contributed by atoms with Crippen LogP contribution in [0.1, 0.15) is 33.3 Å². The lowest BCUT2D eigenvalue weighted by molar-refractivity contribution is 0.215. The molecule has 2 N–H and O–H groups in total. The molecule has 0 radical (unpaired) electrons. The Morgan fingerprint density at radius 3 is 2.58 bits per heavy atom. The Bertz CT molecular complexity index is 530. The number of likely N-dealkylation sites (N-methyl/N-ethyl adjacent to an activating group) is 1. The van der Waals surface area contributed by atoms with Crippen molar-refractivity contribution in [2.75, 3.05) is 7.05 Å². The van der Waals surface area contributed by atoms with Gasteiger partial charge in [-0.1, -0.05) is 0 Å². The maximum absolute atomic E-state index is 6.20. The fraction of sp³-hybridized carbons (Fsp3) is 0.500. The van der Waals surface area contributed by atoms with E-state index in [1.54, 1.807) is 11.3 Å². The quantitative estimate of drug-likeness (QED) is 0.920. The van der Waals surface area contributed by atoms with E-state index in [0.717, 1.165) is 12.2 Å². The van der Waals surface area contributed by atoms with Gasteiger partial charge in [0, 0.05) is 27.2 Å². The van der Waals surface area contributed by atoms with Gasteiger partial charge in [-0.15, -0.1) is 22.7 Å². The largest absolute Gasteiger partial charge is 0.326 e. The third-order valence-electron chi connectivity index (χ3n) is 3.26. The highest BCUT2D eigenvalue weighted by atomic mass is 32.1. The highest BCUT2D eigenvalue weighted by molar-refractivity contribution is 7.12. The van der Waals surface area contributed by atoms with Gasteiger partial charge in [-0.05, 0) is 40.0 Å². The summed E-state index contributed by atoms with van der Waals surface area (Å²) in [5.74, 6) is 0. The Hall–Kier alpha value is -0.750. The van der Waals surface area contributed by atoms with Crippen LogP contribution in [0.25, 0.3) is 0 Å². The number of hydrogen-bond acceptors (Lipinski definition) is 5. The van der Waals surface area contributed by atoms with E-state index >= 15 is 0 Å². The molecule has 0 bridgehead atoms. The number of aromatic nitrogens is 1. The van der Waals surface area contributed by atoms with E-state index in [1.165, 1.54) is 14.6 Å². The highest BCUT2D eigenvalue weighted by Crippen LogP contribution is 2.30. The standard InChI is InChI=1S/C14H21N3S2/c1-9-5-6-12(19-9)14(10(2)15)17(4)7-13-11(3)16-8-18-13/h5-6,8,10,14H,7,15H2,1-4H3. The summed E-state index contributed by atoms with van der Waals surface area (Å²) >= 11 is 3.55. The second kappa shape index (κ2) is 6.13. The summed E-state index contributed by atoms with van der Waals surface area (Å²) in [5, 5.41) is 0. The molecule has 0 saturated heterocycles. The summed E-state index contributed by atoms with van der Waals surface area (Å²) in [6.07, 6.45) is 0.